The van der Waals surface area contributed by atoms with Crippen LogP contribution in [0.3, 0.4) is 0 Å². The second-order valence-corrected chi connectivity index (χ2v) is 12.5. The lowest BCUT2D eigenvalue weighted by Gasteiger charge is -2.42. The maximum absolute atomic E-state index is 13.5. The van der Waals surface area contributed by atoms with Crippen LogP contribution in [0.15, 0.2) is 77.7 Å². The number of ether oxygens (including phenoxy) is 2. The van der Waals surface area contributed by atoms with Crippen molar-refractivity contribution in [3.63, 3.8) is 0 Å². The van der Waals surface area contributed by atoms with Crippen LogP contribution in [0.2, 0.25) is 5.02 Å². The monoisotopic (exact) mass is 597 g/mol. The maximum Gasteiger partial charge on any atom is 0.261 e. The smallest absolute Gasteiger partial charge is 0.261 e. The molecular formula is C30H32ClN3O6S. The van der Waals surface area contributed by atoms with Crippen molar-refractivity contribution in [1.82, 2.24) is 10.2 Å². The van der Waals surface area contributed by atoms with E-state index in [9.17, 15) is 18.0 Å². The molecule has 0 unspecified atom stereocenters. The van der Waals surface area contributed by atoms with Gasteiger partial charge in [-0.05, 0) is 67.8 Å². The van der Waals surface area contributed by atoms with Gasteiger partial charge < -0.3 is 19.7 Å². The van der Waals surface area contributed by atoms with Gasteiger partial charge in [0.2, 0.25) is 5.91 Å². The summed E-state index contributed by atoms with van der Waals surface area (Å²) in [6.45, 7) is 2.13. The van der Waals surface area contributed by atoms with E-state index in [2.05, 4.69) is 10.0 Å². The van der Waals surface area contributed by atoms with E-state index in [1.54, 1.807) is 24.1 Å². The summed E-state index contributed by atoms with van der Waals surface area (Å²) in [6.07, 6.45) is 0.750. The Balaban J connectivity index is 1.25. The predicted molar refractivity (Wildman–Crippen MR) is 156 cm³/mol. The van der Waals surface area contributed by atoms with Crippen molar-refractivity contribution in [2.24, 2.45) is 0 Å². The van der Waals surface area contributed by atoms with Gasteiger partial charge in [0.1, 0.15) is 18.5 Å². The number of hydrogen-bond donors (Lipinski definition) is 2. The van der Waals surface area contributed by atoms with Crippen LogP contribution in [-0.4, -0.2) is 57.0 Å². The third-order valence-corrected chi connectivity index (χ3v) is 9.13. The number of nitrogens with zero attached hydrogens (tertiary/aromatic N) is 1. The highest BCUT2D eigenvalue weighted by Crippen LogP contribution is 2.33. The molecule has 216 valence electrons. The number of amides is 2. The average Bonchev–Trinajstić information content (AvgIpc) is 2.95. The molecule has 2 N–H and O–H groups in total. The Kier molecular flexibility index (Phi) is 8.53. The zero-order chi connectivity index (χ0) is 29.1. The molecule has 1 saturated heterocycles. The summed E-state index contributed by atoms with van der Waals surface area (Å²) < 4.78 is 40.5. The standard InChI is InChI=1S/C30H32ClN3O6S/c1-19(20-6-4-3-5-7-20)32-29(35)17-23-11-14-26-28(40-23)18-39-27-15-10-22(16-25(27)30(36)34(26)2)33-41(37,38)24-12-8-21(31)9-13-24/h3-10,12-13,15-16,19,23,26,28,33H,11,14,17-18H2,1-2H3,(H,32,35)/t19-,23-,26-,28+/m0/s1. The van der Waals surface area contributed by atoms with Crippen molar-refractivity contribution in [1.29, 1.82) is 0 Å². The first-order valence-corrected chi connectivity index (χ1v) is 15.3. The number of likely N-dealkylation sites (N-methyl/N-ethyl adjacent to an activating group) is 1. The van der Waals surface area contributed by atoms with Crippen molar-refractivity contribution < 1.29 is 27.5 Å². The van der Waals surface area contributed by atoms with E-state index >= 15 is 0 Å². The minimum absolute atomic E-state index is 0.0493. The van der Waals surface area contributed by atoms with E-state index in [1.165, 1.54) is 30.3 Å². The number of halogens is 1. The highest BCUT2D eigenvalue weighted by molar-refractivity contribution is 7.92. The van der Waals surface area contributed by atoms with Crippen LogP contribution in [0.1, 0.15) is 48.1 Å². The van der Waals surface area contributed by atoms with Crippen LogP contribution >= 0.6 is 11.6 Å². The third kappa shape index (κ3) is 6.66. The van der Waals surface area contributed by atoms with Crippen LogP contribution in [0, 0.1) is 0 Å². The Bertz CT molecular complexity index is 1520. The summed E-state index contributed by atoms with van der Waals surface area (Å²) in [4.78, 5) is 27.9. The number of carbonyl (C=O) groups excluding carboxylic acids is 2. The zero-order valence-corrected chi connectivity index (χ0v) is 24.3. The van der Waals surface area contributed by atoms with E-state index in [0.717, 1.165) is 5.56 Å². The van der Waals surface area contributed by atoms with Gasteiger partial charge in [-0.2, -0.15) is 0 Å². The van der Waals surface area contributed by atoms with Crippen molar-refractivity contribution in [2.45, 2.75) is 55.4 Å². The first-order chi connectivity index (χ1) is 19.6. The molecule has 0 aliphatic carbocycles. The lowest BCUT2D eigenvalue weighted by molar-refractivity contribution is -0.134. The second kappa shape index (κ2) is 12.1. The molecule has 41 heavy (non-hydrogen) atoms. The number of anilines is 1. The molecule has 2 amide bonds. The van der Waals surface area contributed by atoms with Gasteiger partial charge in [-0.15, -0.1) is 0 Å². The van der Waals surface area contributed by atoms with Gasteiger partial charge in [0.25, 0.3) is 15.9 Å². The first kappa shape index (κ1) is 28.9. The topological polar surface area (TPSA) is 114 Å². The molecule has 0 radical (unpaired) electrons. The molecule has 3 aromatic carbocycles. The number of rotatable bonds is 7. The summed E-state index contributed by atoms with van der Waals surface area (Å²) >= 11 is 5.88. The van der Waals surface area contributed by atoms with Crippen LogP contribution in [0.5, 0.6) is 5.75 Å². The van der Waals surface area contributed by atoms with Gasteiger partial charge in [0.15, 0.2) is 0 Å². The quantitative estimate of drug-likeness (QED) is 0.405. The molecule has 5 rings (SSSR count). The van der Waals surface area contributed by atoms with Gasteiger partial charge in [0, 0.05) is 17.8 Å². The molecule has 0 aromatic heterocycles. The Labute approximate surface area is 244 Å². The summed E-state index contributed by atoms with van der Waals surface area (Å²) in [5.74, 6) is -0.0754. The molecule has 4 atom stereocenters. The fraction of sp³-hybridized carbons (Fsp3) is 0.333. The summed E-state index contributed by atoms with van der Waals surface area (Å²) in [7, 11) is -2.18. The van der Waals surface area contributed by atoms with E-state index < -0.39 is 16.1 Å². The third-order valence-electron chi connectivity index (χ3n) is 7.48. The molecular weight excluding hydrogens is 566 g/mol. The molecule has 9 nitrogen and oxygen atoms in total. The number of benzene rings is 3. The summed E-state index contributed by atoms with van der Waals surface area (Å²) in [5.41, 5.74) is 1.51. The maximum atomic E-state index is 13.5. The summed E-state index contributed by atoms with van der Waals surface area (Å²) in [5, 5.41) is 3.46. The van der Waals surface area contributed by atoms with Crippen molar-refractivity contribution >= 4 is 39.1 Å². The largest absolute Gasteiger partial charge is 0.490 e. The number of sulfonamides is 1. The van der Waals surface area contributed by atoms with Crippen LogP contribution < -0.4 is 14.8 Å². The number of nitrogens with one attached hydrogen (secondary N) is 2. The fourth-order valence-electron chi connectivity index (χ4n) is 5.25. The van der Waals surface area contributed by atoms with Crippen LogP contribution in [-0.2, 0) is 19.6 Å². The van der Waals surface area contributed by atoms with E-state index in [4.69, 9.17) is 21.1 Å². The molecule has 11 heteroatoms. The highest BCUT2D eigenvalue weighted by Gasteiger charge is 2.39. The Morgan fingerprint density at radius 2 is 1.80 bits per heavy atom. The Morgan fingerprint density at radius 3 is 2.54 bits per heavy atom. The van der Waals surface area contributed by atoms with Crippen molar-refractivity contribution in [3.8, 4) is 5.75 Å². The number of carbonyl (C=O) groups is 2. The molecule has 0 spiro atoms. The van der Waals surface area contributed by atoms with Crippen molar-refractivity contribution in [2.75, 3.05) is 18.4 Å². The lowest BCUT2D eigenvalue weighted by atomic mass is 9.94. The van der Waals surface area contributed by atoms with Gasteiger partial charge in [-0.3, -0.25) is 14.3 Å². The predicted octanol–water partition coefficient (Wildman–Crippen LogP) is 4.79. The minimum Gasteiger partial charge on any atom is -0.490 e. The Hall–Kier alpha value is -3.60. The van der Waals surface area contributed by atoms with E-state index in [0.29, 0.717) is 23.6 Å². The highest BCUT2D eigenvalue weighted by atomic mass is 35.5. The molecule has 0 bridgehead atoms. The summed E-state index contributed by atoms with van der Waals surface area (Å²) in [6, 6.07) is 19.8. The van der Waals surface area contributed by atoms with E-state index in [-0.39, 0.29) is 59.2 Å². The molecule has 1 fully saturated rings. The molecule has 2 aliphatic heterocycles. The zero-order valence-electron chi connectivity index (χ0n) is 22.7. The van der Waals surface area contributed by atoms with E-state index in [1.807, 2.05) is 37.3 Å². The second-order valence-electron chi connectivity index (χ2n) is 10.3. The minimum atomic E-state index is -3.89. The van der Waals surface area contributed by atoms with Crippen molar-refractivity contribution in [3.05, 3.63) is 88.9 Å². The van der Waals surface area contributed by atoms with Crippen LogP contribution in [0.4, 0.5) is 5.69 Å². The van der Waals surface area contributed by atoms with Gasteiger partial charge in [0.05, 0.1) is 35.1 Å². The molecule has 0 saturated carbocycles. The van der Waals surface area contributed by atoms with Crippen LogP contribution in [0.25, 0.3) is 0 Å². The number of fused-ring (bicyclic) bond motifs is 2. The Morgan fingerprint density at radius 1 is 1.07 bits per heavy atom. The molecule has 2 heterocycles. The fourth-order valence-corrected chi connectivity index (χ4v) is 6.43. The van der Waals surface area contributed by atoms with Gasteiger partial charge in [-0.25, -0.2) is 8.42 Å². The first-order valence-electron chi connectivity index (χ1n) is 13.4. The van der Waals surface area contributed by atoms with Gasteiger partial charge >= 0.3 is 0 Å². The molecule has 3 aromatic rings. The van der Waals surface area contributed by atoms with Gasteiger partial charge in [-0.1, -0.05) is 41.9 Å². The lowest BCUT2D eigenvalue weighted by Crippen LogP contribution is -2.54. The SMILES string of the molecule is C[C@H](NC(=O)C[C@@H]1CC[C@H]2[C@@H](COc3ccc(NS(=O)(=O)c4ccc(Cl)cc4)cc3C(=O)N2C)O1)c1ccccc1. The average molecular weight is 598 g/mol. The number of hydrogen-bond acceptors (Lipinski definition) is 6. The normalized spacial score (nSPS) is 21.4. The molecule has 2 aliphatic rings.